The van der Waals surface area contributed by atoms with Crippen molar-refractivity contribution in [3.63, 3.8) is 0 Å². The van der Waals surface area contributed by atoms with E-state index in [1.165, 1.54) is 16.0 Å². The number of aromatic nitrogens is 4. The molecule has 5 nitrogen and oxygen atoms in total. The summed E-state index contributed by atoms with van der Waals surface area (Å²) in [5, 5.41) is 12.9. The number of quaternary nitrogens is 1. The number of benzene rings is 2. The molecule has 0 unspecified atom stereocenters. The maximum atomic E-state index is 4.43. The standard InChI is InChI=1S/C20H25N5/c1-5-20(2,24(3)4)19-21-22-23-25(19)18(16-12-8-6-9-13-16)17-14-10-7-11-15-17/h6-15,18H,5H2,1-4H3/p+1/t20-/m1/s1. The fourth-order valence-corrected chi connectivity index (χ4v) is 3.21. The molecule has 0 aliphatic carbocycles. The van der Waals surface area contributed by atoms with Gasteiger partial charge in [-0.25, -0.2) is 4.68 Å². The van der Waals surface area contributed by atoms with Gasteiger partial charge in [-0.1, -0.05) is 67.6 Å². The molecule has 0 spiro atoms. The van der Waals surface area contributed by atoms with Gasteiger partial charge in [-0.15, -0.1) is 5.10 Å². The van der Waals surface area contributed by atoms with Crippen LogP contribution in [-0.2, 0) is 5.54 Å². The van der Waals surface area contributed by atoms with Crippen LogP contribution in [0.5, 0.6) is 0 Å². The molecule has 0 saturated heterocycles. The molecular formula is C20H26N5+. The molecule has 5 heteroatoms. The van der Waals surface area contributed by atoms with Gasteiger partial charge >= 0.3 is 0 Å². The molecule has 2 aromatic carbocycles. The normalized spacial score (nSPS) is 14.0. The van der Waals surface area contributed by atoms with Gasteiger partial charge in [-0.2, -0.15) is 0 Å². The quantitative estimate of drug-likeness (QED) is 0.750. The minimum atomic E-state index is -0.161. The van der Waals surface area contributed by atoms with Crippen molar-refractivity contribution >= 4 is 0 Å². The lowest BCUT2D eigenvalue weighted by Gasteiger charge is -2.32. The number of nitrogens with one attached hydrogen (secondary N) is 1. The summed E-state index contributed by atoms with van der Waals surface area (Å²) >= 11 is 0. The second-order valence-corrected chi connectivity index (χ2v) is 6.86. The van der Waals surface area contributed by atoms with Crippen LogP contribution >= 0.6 is 0 Å². The van der Waals surface area contributed by atoms with Crippen molar-refractivity contribution in [2.24, 2.45) is 0 Å². The zero-order valence-electron chi connectivity index (χ0n) is 15.3. The molecule has 0 radical (unpaired) electrons. The summed E-state index contributed by atoms with van der Waals surface area (Å²) in [5.74, 6) is 0.910. The Bertz CT molecular complexity index is 758. The molecule has 3 rings (SSSR count). The molecule has 0 aliphatic rings. The number of tetrazole rings is 1. The second-order valence-electron chi connectivity index (χ2n) is 6.86. The van der Waals surface area contributed by atoms with Crippen molar-refractivity contribution in [1.29, 1.82) is 0 Å². The van der Waals surface area contributed by atoms with Gasteiger partial charge in [0.25, 0.3) is 0 Å². The van der Waals surface area contributed by atoms with Crippen molar-refractivity contribution in [1.82, 2.24) is 20.2 Å². The number of nitrogens with zero attached hydrogens (tertiary/aromatic N) is 4. The van der Waals surface area contributed by atoms with E-state index in [0.29, 0.717) is 0 Å². The van der Waals surface area contributed by atoms with Gasteiger partial charge in [0.1, 0.15) is 6.04 Å². The lowest BCUT2D eigenvalue weighted by Crippen LogP contribution is -3.13. The first-order valence-electron chi connectivity index (χ1n) is 8.76. The molecule has 1 aromatic heterocycles. The third-order valence-electron chi connectivity index (χ3n) is 5.27. The third-order valence-corrected chi connectivity index (χ3v) is 5.27. The number of hydrogen-bond acceptors (Lipinski definition) is 3. The molecule has 0 amide bonds. The van der Waals surface area contributed by atoms with E-state index in [2.05, 4.69) is 92.0 Å². The van der Waals surface area contributed by atoms with Gasteiger partial charge in [0.15, 0.2) is 5.54 Å². The van der Waals surface area contributed by atoms with Crippen LogP contribution in [0.3, 0.4) is 0 Å². The average molecular weight is 336 g/mol. The lowest BCUT2D eigenvalue weighted by molar-refractivity contribution is -0.923. The summed E-state index contributed by atoms with van der Waals surface area (Å²) in [7, 11) is 4.31. The summed E-state index contributed by atoms with van der Waals surface area (Å²) in [5.41, 5.74) is 2.19. The molecule has 1 N–H and O–H groups in total. The minimum absolute atomic E-state index is 0.0439. The Balaban J connectivity index is 2.19. The van der Waals surface area contributed by atoms with Gasteiger partial charge in [0.05, 0.1) is 14.1 Å². The Labute approximate surface area is 149 Å². The summed E-state index contributed by atoms with van der Waals surface area (Å²) in [6, 6.07) is 20.8. The van der Waals surface area contributed by atoms with Crippen LogP contribution in [0.1, 0.15) is 43.3 Å². The molecule has 0 fully saturated rings. The monoisotopic (exact) mass is 336 g/mol. The van der Waals surface area contributed by atoms with Crippen LogP contribution in [0.15, 0.2) is 60.7 Å². The van der Waals surface area contributed by atoms with E-state index >= 15 is 0 Å². The van der Waals surface area contributed by atoms with E-state index < -0.39 is 0 Å². The highest BCUT2D eigenvalue weighted by Crippen LogP contribution is 2.29. The molecule has 0 saturated carbocycles. The fourth-order valence-electron chi connectivity index (χ4n) is 3.21. The largest absolute Gasteiger partial charge is 0.329 e. The van der Waals surface area contributed by atoms with E-state index in [1.54, 1.807) is 0 Å². The molecule has 130 valence electrons. The molecule has 1 heterocycles. The first kappa shape index (κ1) is 17.3. The number of hydrogen-bond donors (Lipinski definition) is 1. The predicted molar refractivity (Wildman–Crippen MR) is 98.4 cm³/mol. The topological polar surface area (TPSA) is 48.0 Å². The first-order chi connectivity index (χ1) is 12.1. The molecular weight excluding hydrogens is 310 g/mol. The fraction of sp³-hybridized carbons (Fsp3) is 0.350. The van der Waals surface area contributed by atoms with Gasteiger partial charge in [-0.05, 0) is 28.5 Å². The van der Waals surface area contributed by atoms with Gasteiger partial charge in [0.2, 0.25) is 5.82 Å². The van der Waals surface area contributed by atoms with E-state index in [-0.39, 0.29) is 11.6 Å². The highest BCUT2D eigenvalue weighted by atomic mass is 15.6. The second kappa shape index (κ2) is 7.15. The van der Waals surface area contributed by atoms with E-state index in [4.69, 9.17) is 0 Å². The van der Waals surface area contributed by atoms with E-state index in [0.717, 1.165) is 12.2 Å². The van der Waals surface area contributed by atoms with Crippen LogP contribution in [-0.4, -0.2) is 34.3 Å². The Morgan fingerprint density at radius 2 is 1.48 bits per heavy atom. The van der Waals surface area contributed by atoms with Crippen molar-refractivity contribution in [3.05, 3.63) is 77.6 Å². The Hall–Kier alpha value is -2.53. The highest BCUT2D eigenvalue weighted by molar-refractivity contribution is 5.32. The first-order valence-corrected chi connectivity index (χ1v) is 8.76. The van der Waals surface area contributed by atoms with Crippen molar-refractivity contribution in [2.75, 3.05) is 14.1 Å². The van der Waals surface area contributed by atoms with Crippen molar-refractivity contribution in [3.8, 4) is 0 Å². The van der Waals surface area contributed by atoms with Gasteiger partial charge in [0, 0.05) is 6.42 Å². The Morgan fingerprint density at radius 1 is 0.960 bits per heavy atom. The molecule has 0 bridgehead atoms. The van der Waals surface area contributed by atoms with E-state index in [9.17, 15) is 0 Å². The van der Waals surface area contributed by atoms with E-state index in [1.807, 2.05) is 16.8 Å². The molecule has 1 atom stereocenters. The smallest absolute Gasteiger partial charge is 0.213 e. The van der Waals surface area contributed by atoms with Crippen LogP contribution in [0, 0.1) is 0 Å². The average Bonchev–Trinajstić information content (AvgIpc) is 3.12. The third kappa shape index (κ3) is 3.20. The summed E-state index contributed by atoms with van der Waals surface area (Å²) in [4.78, 5) is 1.31. The maximum absolute atomic E-state index is 4.43. The molecule has 0 aliphatic heterocycles. The highest BCUT2D eigenvalue weighted by Gasteiger charge is 2.39. The minimum Gasteiger partial charge on any atom is -0.329 e. The summed E-state index contributed by atoms with van der Waals surface area (Å²) in [6.07, 6.45) is 0.950. The lowest BCUT2D eigenvalue weighted by atomic mass is 9.94. The summed E-state index contributed by atoms with van der Waals surface area (Å²) < 4.78 is 1.99. The molecule has 25 heavy (non-hydrogen) atoms. The Kier molecular flexibility index (Phi) is 4.95. The van der Waals surface area contributed by atoms with Gasteiger partial charge < -0.3 is 4.90 Å². The Morgan fingerprint density at radius 3 is 1.92 bits per heavy atom. The van der Waals surface area contributed by atoms with Crippen LogP contribution in [0.25, 0.3) is 0 Å². The van der Waals surface area contributed by atoms with Gasteiger partial charge in [-0.3, -0.25) is 0 Å². The zero-order chi connectivity index (χ0) is 17.9. The zero-order valence-corrected chi connectivity index (χ0v) is 15.3. The van der Waals surface area contributed by atoms with Crippen molar-refractivity contribution < 1.29 is 4.90 Å². The van der Waals surface area contributed by atoms with Crippen molar-refractivity contribution in [2.45, 2.75) is 31.8 Å². The van der Waals surface area contributed by atoms with Crippen LogP contribution in [0.2, 0.25) is 0 Å². The predicted octanol–water partition coefficient (Wildman–Crippen LogP) is 2.08. The summed E-state index contributed by atoms with van der Waals surface area (Å²) in [6.45, 7) is 4.41. The van der Waals surface area contributed by atoms with Crippen LogP contribution in [0.4, 0.5) is 0 Å². The SMILES string of the molecule is CC[C@](C)(c1nnnn1C(c1ccccc1)c1ccccc1)[NH+](C)C. The van der Waals surface area contributed by atoms with Crippen LogP contribution < -0.4 is 4.90 Å². The molecule has 3 aromatic rings. The maximum Gasteiger partial charge on any atom is 0.213 e. The number of rotatable bonds is 6.